The fourth-order valence-electron chi connectivity index (χ4n) is 7.28. The van der Waals surface area contributed by atoms with Crippen molar-refractivity contribution in [3.63, 3.8) is 0 Å². The van der Waals surface area contributed by atoms with Crippen molar-refractivity contribution in [3.05, 3.63) is 0 Å². The Hall–Kier alpha value is -2.24. The average molecular weight is 625 g/mol. The highest BCUT2D eigenvalue weighted by molar-refractivity contribution is 5.82. The Bertz CT molecular complexity index is 980. The Kier molecular flexibility index (Phi) is 12.5. The van der Waals surface area contributed by atoms with Crippen molar-refractivity contribution in [3.8, 4) is 0 Å². The molecule has 4 aliphatic carbocycles. The van der Waals surface area contributed by atoms with Crippen LogP contribution in [-0.4, -0.2) is 82.9 Å². The highest BCUT2D eigenvalue weighted by Crippen LogP contribution is 2.35. The van der Waals surface area contributed by atoms with E-state index in [-0.39, 0.29) is 48.6 Å². The van der Waals surface area contributed by atoms with E-state index in [0.29, 0.717) is 58.2 Å². The Balaban J connectivity index is 1.10. The molecule has 0 bridgehead atoms. The van der Waals surface area contributed by atoms with E-state index in [1.807, 2.05) is 0 Å². The highest BCUT2D eigenvalue weighted by Gasteiger charge is 2.41. The Labute approximate surface area is 260 Å². The van der Waals surface area contributed by atoms with Gasteiger partial charge in [0.1, 0.15) is 12.2 Å². The number of carbonyl (C=O) groups excluding carboxylic acids is 2. The zero-order chi connectivity index (χ0) is 31.9. The van der Waals surface area contributed by atoms with Crippen LogP contribution in [0.15, 0.2) is 0 Å². The molecule has 0 saturated heterocycles. The summed E-state index contributed by atoms with van der Waals surface area (Å²) in [5.41, 5.74) is -0.201. The van der Waals surface area contributed by atoms with Crippen LogP contribution in [0.1, 0.15) is 110 Å². The van der Waals surface area contributed by atoms with Gasteiger partial charge in [0.25, 0.3) is 0 Å². The molecule has 0 aromatic heterocycles. The number of aliphatic hydroxyl groups excluding tert-OH is 1. The predicted octanol–water partition coefficient (Wildman–Crippen LogP) is 4.51. The largest absolute Gasteiger partial charge is 0.481 e. The molecule has 0 aliphatic heterocycles. The summed E-state index contributed by atoms with van der Waals surface area (Å²) in [6.07, 6.45) is 8.49. The lowest BCUT2D eigenvalue weighted by Crippen LogP contribution is -2.40. The topological polar surface area (TPSA) is 166 Å². The molecule has 0 radical (unpaired) electrons. The molecule has 4 saturated carbocycles. The Morgan fingerprint density at radius 1 is 0.568 bits per heavy atom. The molecule has 0 aromatic carbocycles. The van der Waals surface area contributed by atoms with Crippen LogP contribution >= 0.6 is 0 Å². The zero-order valence-electron chi connectivity index (χ0n) is 26.3. The van der Waals surface area contributed by atoms with Crippen LogP contribution in [0, 0.1) is 29.1 Å². The van der Waals surface area contributed by atoms with Gasteiger partial charge in [0.15, 0.2) is 0 Å². The number of hydrogen-bond acceptors (Lipinski definition) is 9. The van der Waals surface area contributed by atoms with Crippen molar-refractivity contribution in [1.82, 2.24) is 0 Å². The second-order valence-electron chi connectivity index (χ2n) is 14.3. The maximum absolute atomic E-state index is 12.7. The van der Waals surface area contributed by atoms with Crippen molar-refractivity contribution in [2.45, 2.75) is 141 Å². The SMILES string of the molecule is CC(C)(COC1CCC(OC(=O)C2CCCCC2C(=O)O)CC1)COC1CCC(OC(=O)C2CC(O)CCC2C(=O)O)CC1. The molecule has 0 amide bonds. The van der Waals surface area contributed by atoms with E-state index in [1.54, 1.807) is 0 Å². The first kappa shape index (κ1) is 34.6. The van der Waals surface area contributed by atoms with Gasteiger partial charge in [-0.25, -0.2) is 0 Å². The molecule has 5 unspecified atom stereocenters. The summed E-state index contributed by atoms with van der Waals surface area (Å²) in [7, 11) is 0. The monoisotopic (exact) mass is 624 g/mol. The summed E-state index contributed by atoms with van der Waals surface area (Å²) < 4.78 is 23.9. The first-order valence-electron chi connectivity index (χ1n) is 16.7. The van der Waals surface area contributed by atoms with E-state index in [1.165, 1.54) is 0 Å². The van der Waals surface area contributed by atoms with Gasteiger partial charge in [-0.1, -0.05) is 26.7 Å². The summed E-state index contributed by atoms with van der Waals surface area (Å²) in [5.74, 6) is -5.56. The fourth-order valence-corrected chi connectivity index (χ4v) is 7.28. The van der Waals surface area contributed by atoms with E-state index >= 15 is 0 Å². The third-order valence-corrected chi connectivity index (χ3v) is 10.1. The van der Waals surface area contributed by atoms with Crippen molar-refractivity contribution in [1.29, 1.82) is 0 Å². The Morgan fingerprint density at radius 2 is 0.977 bits per heavy atom. The van der Waals surface area contributed by atoms with Gasteiger partial charge in [0, 0.05) is 5.41 Å². The minimum Gasteiger partial charge on any atom is -0.481 e. The lowest BCUT2D eigenvalue weighted by atomic mass is 9.78. The number of esters is 2. The van der Waals surface area contributed by atoms with Crippen LogP contribution < -0.4 is 0 Å². The van der Waals surface area contributed by atoms with Crippen molar-refractivity contribution < 1.29 is 53.4 Å². The lowest BCUT2D eigenvalue weighted by molar-refractivity contribution is -0.168. The van der Waals surface area contributed by atoms with Gasteiger partial charge < -0.3 is 34.3 Å². The summed E-state index contributed by atoms with van der Waals surface area (Å²) in [4.78, 5) is 48.6. The van der Waals surface area contributed by atoms with Crippen LogP contribution in [0.2, 0.25) is 0 Å². The molecule has 11 nitrogen and oxygen atoms in total. The first-order chi connectivity index (χ1) is 20.9. The molecule has 5 atom stereocenters. The minimum absolute atomic E-state index is 0.0579. The van der Waals surface area contributed by atoms with Crippen LogP contribution in [0.5, 0.6) is 0 Å². The smallest absolute Gasteiger partial charge is 0.310 e. The number of ether oxygens (including phenoxy) is 4. The number of carboxylic acids is 2. The molecule has 44 heavy (non-hydrogen) atoms. The van der Waals surface area contributed by atoms with Crippen molar-refractivity contribution in [2.24, 2.45) is 29.1 Å². The molecule has 4 aliphatic rings. The van der Waals surface area contributed by atoms with Gasteiger partial charge in [-0.05, 0) is 83.5 Å². The molecule has 3 N–H and O–H groups in total. The average Bonchev–Trinajstić information content (AvgIpc) is 3.00. The predicted molar refractivity (Wildman–Crippen MR) is 158 cm³/mol. The summed E-state index contributed by atoms with van der Waals surface area (Å²) in [5, 5.41) is 28.9. The molecule has 0 spiro atoms. The Morgan fingerprint density at radius 3 is 1.45 bits per heavy atom. The maximum atomic E-state index is 12.7. The second kappa shape index (κ2) is 15.9. The fraction of sp³-hybridized carbons (Fsp3) is 0.879. The summed E-state index contributed by atoms with van der Waals surface area (Å²) >= 11 is 0. The van der Waals surface area contributed by atoms with Crippen molar-refractivity contribution >= 4 is 23.9 Å². The van der Waals surface area contributed by atoms with E-state index < -0.39 is 47.7 Å². The van der Waals surface area contributed by atoms with Gasteiger partial charge in [0.2, 0.25) is 0 Å². The minimum atomic E-state index is -1.01. The zero-order valence-corrected chi connectivity index (χ0v) is 26.3. The second-order valence-corrected chi connectivity index (χ2v) is 14.3. The standard InChI is InChI=1S/C33H52O11/c1-33(2,18-41-21-8-12-23(13-9-21)43-31(39)27-6-4-3-5-25(27)29(35)36)19-42-22-10-14-24(15-11-22)44-32(40)28-17-20(34)7-16-26(28)30(37)38/h20-28,34H,3-19H2,1-2H3,(H,35,36)(H,37,38). The molecule has 11 heteroatoms. The van der Waals surface area contributed by atoms with Crippen molar-refractivity contribution in [2.75, 3.05) is 13.2 Å². The third kappa shape index (κ3) is 9.88. The van der Waals surface area contributed by atoms with E-state index in [4.69, 9.17) is 18.9 Å². The van der Waals surface area contributed by atoms with Crippen LogP contribution in [0.25, 0.3) is 0 Å². The number of aliphatic carboxylic acids is 2. The van der Waals surface area contributed by atoms with Gasteiger partial charge in [-0.2, -0.15) is 0 Å². The van der Waals surface area contributed by atoms with Gasteiger partial charge >= 0.3 is 23.9 Å². The summed E-state index contributed by atoms with van der Waals surface area (Å²) in [6.45, 7) is 5.28. The van der Waals surface area contributed by atoms with Crippen LogP contribution in [-0.2, 0) is 38.1 Å². The molecule has 250 valence electrons. The number of carboxylic acid groups (broad SMARTS) is 2. The number of carbonyl (C=O) groups is 4. The molecule has 4 fully saturated rings. The normalized spacial score (nSPS) is 34.9. The van der Waals surface area contributed by atoms with E-state index in [0.717, 1.165) is 38.5 Å². The number of rotatable bonds is 12. The first-order valence-corrected chi connectivity index (χ1v) is 16.7. The van der Waals surface area contributed by atoms with Crippen LogP contribution in [0.3, 0.4) is 0 Å². The quantitative estimate of drug-likeness (QED) is 0.262. The highest BCUT2D eigenvalue weighted by atomic mass is 16.6. The maximum Gasteiger partial charge on any atom is 0.310 e. The molecular weight excluding hydrogens is 572 g/mol. The molecule has 4 rings (SSSR count). The van der Waals surface area contributed by atoms with Gasteiger partial charge in [-0.15, -0.1) is 0 Å². The van der Waals surface area contributed by atoms with E-state index in [9.17, 15) is 34.5 Å². The summed E-state index contributed by atoms with van der Waals surface area (Å²) in [6, 6.07) is 0. The number of aliphatic hydroxyl groups is 1. The number of hydrogen-bond donors (Lipinski definition) is 3. The van der Waals surface area contributed by atoms with Crippen LogP contribution in [0.4, 0.5) is 0 Å². The molecule has 0 aromatic rings. The third-order valence-electron chi connectivity index (χ3n) is 10.1. The van der Waals surface area contributed by atoms with Gasteiger partial charge in [0.05, 0.1) is 55.2 Å². The van der Waals surface area contributed by atoms with E-state index in [2.05, 4.69) is 13.8 Å². The van der Waals surface area contributed by atoms with Gasteiger partial charge in [-0.3, -0.25) is 19.2 Å². The molecular formula is C33H52O11. The lowest BCUT2D eigenvalue weighted by Gasteiger charge is -2.35. The molecule has 0 heterocycles.